The average molecular weight is 478 g/mol. The van der Waals surface area contributed by atoms with Crippen molar-refractivity contribution in [2.24, 2.45) is 34.6 Å². The minimum absolute atomic E-state index is 0.208. The Morgan fingerprint density at radius 1 is 1.06 bits per heavy atom. The monoisotopic (exact) mass is 477 g/mol. The number of nitrogens with two attached hydrogens (primary N) is 2. The number of hydrogen-bond acceptors (Lipinski definition) is 6. The number of aromatic nitrogens is 2. The fraction of sp³-hybridized carbons (Fsp3) is 0.577. The van der Waals surface area contributed by atoms with Crippen LogP contribution in [-0.2, 0) is 6.42 Å². The minimum Gasteiger partial charge on any atom is -0.355 e. The lowest BCUT2D eigenvalue weighted by Gasteiger charge is -2.54. The van der Waals surface area contributed by atoms with Gasteiger partial charge in [-0.25, -0.2) is 9.59 Å². The van der Waals surface area contributed by atoms with Gasteiger partial charge in [0, 0.05) is 57.4 Å². The highest BCUT2D eigenvalue weighted by Gasteiger charge is 2.54. The van der Waals surface area contributed by atoms with E-state index in [0.717, 1.165) is 74.7 Å². The van der Waals surface area contributed by atoms with Crippen molar-refractivity contribution in [1.82, 2.24) is 19.4 Å². The molecule has 1 spiro atoms. The van der Waals surface area contributed by atoms with Gasteiger partial charge in [-0.2, -0.15) is 4.98 Å². The van der Waals surface area contributed by atoms with Crippen LogP contribution in [0.1, 0.15) is 18.4 Å². The summed E-state index contributed by atoms with van der Waals surface area (Å²) in [5.74, 6) is 3.17. The summed E-state index contributed by atoms with van der Waals surface area (Å²) in [4.78, 5) is 35.0. The molecule has 3 aliphatic heterocycles. The summed E-state index contributed by atoms with van der Waals surface area (Å²) in [5.41, 5.74) is 13.3. The third-order valence-electron chi connectivity index (χ3n) is 8.95. The molecule has 1 aromatic heterocycles. The second kappa shape index (κ2) is 8.64. The van der Waals surface area contributed by atoms with E-state index < -0.39 is 0 Å². The number of rotatable bonds is 6. The standard InChI is InChI=1S/C26H35N7O2/c27-13-20-21-14-30(15-22(20)21)9-5-18-1-3-19(4-2-18)33-10-6-23(29-25(33)35)32-16-26(17-32)7-11-31(12-8-26)24(28)34/h1-4,6,10,20-22H,5,7-9,11-17,27H2,(H2,28,34). The molecule has 186 valence electrons. The molecule has 6 rings (SSSR count). The molecule has 0 radical (unpaired) electrons. The number of amides is 2. The van der Waals surface area contributed by atoms with Crippen LogP contribution >= 0.6 is 0 Å². The summed E-state index contributed by atoms with van der Waals surface area (Å²) < 4.78 is 1.61. The Morgan fingerprint density at radius 2 is 1.74 bits per heavy atom. The molecule has 4 N–H and O–H groups in total. The molecule has 2 atom stereocenters. The number of fused-ring (bicyclic) bond motifs is 1. The van der Waals surface area contributed by atoms with Crippen molar-refractivity contribution in [3.63, 3.8) is 0 Å². The maximum atomic E-state index is 12.8. The van der Waals surface area contributed by atoms with Crippen LogP contribution in [0.25, 0.3) is 5.69 Å². The largest absolute Gasteiger partial charge is 0.355 e. The Labute approximate surface area is 205 Å². The number of carbonyl (C=O) groups is 1. The van der Waals surface area contributed by atoms with Gasteiger partial charge in [0.15, 0.2) is 0 Å². The van der Waals surface area contributed by atoms with E-state index in [-0.39, 0.29) is 17.1 Å². The van der Waals surface area contributed by atoms with E-state index in [4.69, 9.17) is 11.5 Å². The predicted molar refractivity (Wildman–Crippen MR) is 135 cm³/mol. The molecular formula is C26H35N7O2. The summed E-state index contributed by atoms with van der Waals surface area (Å²) in [5, 5.41) is 0. The molecule has 4 heterocycles. The number of carbonyl (C=O) groups excluding carboxylic acids is 1. The van der Waals surface area contributed by atoms with Gasteiger partial charge >= 0.3 is 11.7 Å². The van der Waals surface area contributed by atoms with Crippen LogP contribution in [0.3, 0.4) is 0 Å². The summed E-state index contributed by atoms with van der Waals surface area (Å²) in [6.45, 7) is 7.48. The fourth-order valence-electron chi connectivity index (χ4n) is 6.59. The Morgan fingerprint density at radius 3 is 2.34 bits per heavy atom. The van der Waals surface area contributed by atoms with Crippen LogP contribution in [0, 0.1) is 23.2 Å². The van der Waals surface area contributed by atoms with Crippen LogP contribution in [0.5, 0.6) is 0 Å². The van der Waals surface area contributed by atoms with E-state index >= 15 is 0 Å². The smallest absolute Gasteiger partial charge is 0.354 e. The Balaban J connectivity index is 1.03. The second-order valence-electron chi connectivity index (χ2n) is 11.0. The first-order chi connectivity index (χ1) is 16.9. The number of nitrogens with zero attached hydrogens (tertiary/aromatic N) is 5. The number of piperidine rings is 2. The van der Waals surface area contributed by atoms with E-state index in [1.54, 1.807) is 9.47 Å². The number of hydrogen-bond donors (Lipinski definition) is 2. The molecule has 1 aromatic carbocycles. The van der Waals surface area contributed by atoms with Gasteiger partial charge in [0.05, 0.1) is 5.69 Å². The van der Waals surface area contributed by atoms with Crippen LogP contribution in [-0.4, -0.2) is 77.7 Å². The van der Waals surface area contributed by atoms with Gasteiger partial charge < -0.3 is 26.2 Å². The highest BCUT2D eigenvalue weighted by molar-refractivity contribution is 5.72. The maximum Gasteiger partial charge on any atom is 0.354 e. The molecular weight excluding hydrogens is 442 g/mol. The number of primary amides is 1. The van der Waals surface area contributed by atoms with Gasteiger partial charge in [-0.1, -0.05) is 12.1 Å². The Bertz CT molecular complexity index is 1140. The molecule has 35 heavy (non-hydrogen) atoms. The zero-order valence-electron chi connectivity index (χ0n) is 20.2. The zero-order valence-corrected chi connectivity index (χ0v) is 20.2. The van der Waals surface area contributed by atoms with Crippen molar-refractivity contribution < 1.29 is 4.79 Å². The first-order valence-corrected chi connectivity index (χ1v) is 12.9. The number of benzene rings is 1. The van der Waals surface area contributed by atoms with Crippen LogP contribution < -0.4 is 22.1 Å². The summed E-state index contributed by atoms with van der Waals surface area (Å²) in [7, 11) is 0. The van der Waals surface area contributed by atoms with Crippen molar-refractivity contribution in [1.29, 1.82) is 0 Å². The molecule has 1 saturated carbocycles. The summed E-state index contributed by atoms with van der Waals surface area (Å²) in [6, 6.07) is 9.84. The van der Waals surface area contributed by atoms with Crippen molar-refractivity contribution in [2.45, 2.75) is 19.3 Å². The topological polar surface area (TPSA) is 114 Å². The highest BCUT2D eigenvalue weighted by Crippen LogP contribution is 2.50. The zero-order chi connectivity index (χ0) is 24.2. The van der Waals surface area contributed by atoms with Crippen LogP contribution in [0.4, 0.5) is 10.6 Å². The fourth-order valence-corrected chi connectivity index (χ4v) is 6.59. The molecule has 9 heteroatoms. The Hall–Kier alpha value is -2.91. The van der Waals surface area contributed by atoms with Crippen molar-refractivity contribution >= 4 is 11.8 Å². The molecule has 2 aromatic rings. The molecule has 4 fully saturated rings. The van der Waals surface area contributed by atoms with E-state index in [9.17, 15) is 9.59 Å². The second-order valence-corrected chi connectivity index (χ2v) is 11.0. The first kappa shape index (κ1) is 22.5. The molecule has 0 bridgehead atoms. The molecule has 2 amide bonds. The van der Waals surface area contributed by atoms with Crippen molar-refractivity contribution in [3.05, 3.63) is 52.6 Å². The summed E-state index contributed by atoms with van der Waals surface area (Å²) in [6.07, 6.45) is 4.74. The van der Waals surface area contributed by atoms with Crippen molar-refractivity contribution in [2.75, 3.05) is 57.3 Å². The van der Waals surface area contributed by atoms with Crippen LogP contribution in [0.15, 0.2) is 41.3 Å². The molecule has 2 unspecified atom stereocenters. The normalized spacial score (nSPS) is 27.1. The van der Waals surface area contributed by atoms with Gasteiger partial charge in [0.2, 0.25) is 0 Å². The number of anilines is 1. The van der Waals surface area contributed by atoms with E-state index in [2.05, 4.69) is 26.9 Å². The van der Waals surface area contributed by atoms with Gasteiger partial charge in [0.1, 0.15) is 5.82 Å². The lowest BCUT2D eigenvalue weighted by Crippen LogP contribution is -2.61. The van der Waals surface area contributed by atoms with Crippen LogP contribution in [0.2, 0.25) is 0 Å². The van der Waals surface area contributed by atoms with Gasteiger partial charge in [-0.15, -0.1) is 0 Å². The molecule has 4 aliphatic rings. The quantitative estimate of drug-likeness (QED) is 0.639. The molecule has 1 aliphatic carbocycles. The Kier molecular flexibility index (Phi) is 5.56. The lowest BCUT2D eigenvalue weighted by atomic mass is 9.72. The third kappa shape index (κ3) is 4.21. The average Bonchev–Trinajstić information content (AvgIpc) is 3.33. The lowest BCUT2D eigenvalue weighted by molar-refractivity contribution is 0.0924. The SMILES string of the molecule is NCC1C2CN(CCc3ccc(-n4ccc(N5CC6(CCN(C(N)=O)CC6)C5)nc4=O)cc3)CC12. The molecule has 3 saturated heterocycles. The predicted octanol–water partition coefficient (Wildman–Crippen LogP) is 0.892. The van der Waals surface area contributed by atoms with Gasteiger partial charge in [-0.05, 0) is 67.3 Å². The number of likely N-dealkylation sites (tertiary alicyclic amines) is 2. The maximum absolute atomic E-state index is 12.8. The number of urea groups is 1. The first-order valence-electron chi connectivity index (χ1n) is 12.9. The third-order valence-corrected chi connectivity index (χ3v) is 8.95. The van der Waals surface area contributed by atoms with E-state index in [1.165, 1.54) is 18.7 Å². The minimum atomic E-state index is -0.335. The van der Waals surface area contributed by atoms with E-state index in [0.29, 0.717) is 13.1 Å². The van der Waals surface area contributed by atoms with Gasteiger partial charge in [-0.3, -0.25) is 4.57 Å². The van der Waals surface area contributed by atoms with E-state index in [1.807, 2.05) is 24.4 Å². The summed E-state index contributed by atoms with van der Waals surface area (Å²) >= 11 is 0. The highest BCUT2D eigenvalue weighted by atomic mass is 16.2. The van der Waals surface area contributed by atoms with Gasteiger partial charge in [0.25, 0.3) is 0 Å². The molecule has 9 nitrogen and oxygen atoms in total. The van der Waals surface area contributed by atoms with Crippen molar-refractivity contribution in [3.8, 4) is 5.69 Å².